The van der Waals surface area contributed by atoms with E-state index in [1.165, 1.54) is 32.1 Å². The fourth-order valence-electron chi connectivity index (χ4n) is 2.59. The Bertz CT molecular complexity index is 209. The minimum absolute atomic E-state index is 0.339. The summed E-state index contributed by atoms with van der Waals surface area (Å²) in [5, 5.41) is 0. The molecule has 0 aromatic heterocycles. The fourth-order valence-corrected chi connectivity index (χ4v) is 2.59. The lowest BCUT2D eigenvalue weighted by Crippen LogP contribution is -2.20. The van der Waals surface area contributed by atoms with Crippen molar-refractivity contribution in [1.29, 1.82) is 0 Å². The third kappa shape index (κ3) is 4.40. The molecule has 1 saturated carbocycles. The molecule has 0 aliphatic heterocycles. The van der Waals surface area contributed by atoms with E-state index in [4.69, 9.17) is 0 Å². The Morgan fingerprint density at radius 1 is 1.00 bits per heavy atom. The highest BCUT2D eigenvalue weighted by molar-refractivity contribution is 4.96. The second-order valence-corrected chi connectivity index (χ2v) is 6.94. The molecule has 1 aliphatic carbocycles. The van der Waals surface area contributed by atoms with Crippen LogP contribution in [0.25, 0.3) is 0 Å². The van der Waals surface area contributed by atoms with E-state index in [0.29, 0.717) is 10.8 Å². The zero-order chi connectivity index (χ0) is 11.5. The highest BCUT2D eigenvalue weighted by atomic mass is 14.4. The molecule has 0 spiro atoms. The number of rotatable bonds is 3. The van der Waals surface area contributed by atoms with Crippen LogP contribution in [-0.2, 0) is 0 Å². The van der Waals surface area contributed by atoms with Crippen LogP contribution in [-0.4, -0.2) is 0 Å². The molecule has 0 heterocycles. The lowest BCUT2D eigenvalue weighted by atomic mass is 9.75. The van der Waals surface area contributed by atoms with Gasteiger partial charge in [0.2, 0.25) is 0 Å². The first kappa shape index (κ1) is 12.8. The summed E-state index contributed by atoms with van der Waals surface area (Å²) in [5.41, 5.74) is 0.851. The minimum Gasteiger partial charge on any atom is -0.0875 e. The van der Waals surface area contributed by atoms with E-state index in [2.05, 4.69) is 46.8 Å². The van der Waals surface area contributed by atoms with Crippen LogP contribution in [0.1, 0.15) is 66.7 Å². The number of hydrogen-bond acceptors (Lipinski definition) is 0. The van der Waals surface area contributed by atoms with E-state index < -0.39 is 0 Å². The van der Waals surface area contributed by atoms with Crippen molar-refractivity contribution < 1.29 is 0 Å². The van der Waals surface area contributed by atoms with Crippen LogP contribution in [0.5, 0.6) is 0 Å². The average molecular weight is 208 g/mol. The summed E-state index contributed by atoms with van der Waals surface area (Å²) in [6.07, 6.45) is 11.8. The first-order valence-electron chi connectivity index (χ1n) is 6.49. The Hall–Kier alpha value is -0.260. The van der Waals surface area contributed by atoms with Crippen molar-refractivity contribution in [3.8, 4) is 0 Å². The van der Waals surface area contributed by atoms with Gasteiger partial charge in [0, 0.05) is 0 Å². The molecule has 15 heavy (non-hydrogen) atoms. The summed E-state index contributed by atoms with van der Waals surface area (Å²) in [5.74, 6) is 0.960. The Morgan fingerprint density at radius 2 is 1.53 bits per heavy atom. The zero-order valence-electron chi connectivity index (χ0n) is 11.3. The molecule has 0 unspecified atom stereocenters. The van der Waals surface area contributed by atoms with Crippen molar-refractivity contribution >= 4 is 0 Å². The smallest absolute Gasteiger partial charge is 0.0203 e. The fraction of sp³-hybridized carbons (Fsp3) is 0.867. The molecular weight excluding hydrogens is 180 g/mol. The van der Waals surface area contributed by atoms with Crippen molar-refractivity contribution in [2.75, 3.05) is 0 Å². The van der Waals surface area contributed by atoms with Gasteiger partial charge in [-0.2, -0.15) is 0 Å². The van der Waals surface area contributed by atoms with Crippen molar-refractivity contribution in [3.05, 3.63) is 12.2 Å². The molecule has 1 fully saturated rings. The highest BCUT2D eigenvalue weighted by Crippen LogP contribution is 2.42. The summed E-state index contributed by atoms with van der Waals surface area (Å²) in [7, 11) is 0. The largest absolute Gasteiger partial charge is 0.0875 e. The molecule has 0 radical (unpaired) electrons. The first-order valence-corrected chi connectivity index (χ1v) is 6.49. The zero-order valence-corrected chi connectivity index (χ0v) is 11.3. The monoisotopic (exact) mass is 208 g/mol. The summed E-state index contributed by atoms with van der Waals surface area (Å²) < 4.78 is 0. The maximum absolute atomic E-state index is 2.44. The number of allylic oxidation sites excluding steroid dienone is 2. The second-order valence-electron chi connectivity index (χ2n) is 6.94. The topological polar surface area (TPSA) is 0 Å². The van der Waals surface area contributed by atoms with Crippen molar-refractivity contribution in [3.63, 3.8) is 0 Å². The van der Waals surface area contributed by atoms with Gasteiger partial charge in [-0.1, -0.05) is 59.6 Å². The molecule has 0 amide bonds. The van der Waals surface area contributed by atoms with E-state index in [-0.39, 0.29) is 0 Å². The van der Waals surface area contributed by atoms with Crippen LogP contribution in [0, 0.1) is 16.7 Å². The van der Waals surface area contributed by atoms with Crippen molar-refractivity contribution in [2.24, 2.45) is 16.7 Å². The van der Waals surface area contributed by atoms with Gasteiger partial charge in [-0.15, -0.1) is 0 Å². The molecule has 0 aromatic carbocycles. The normalized spacial score (nSPS) is 20.3. The second kappa shape index (κ2) is 4.72. The van der Waals surface area contributed by atoms with Crippen molar-refractivity contribution in [2.45, 2.75) is 66.7 Å². The summed E-state index contributed by atoms with van der Waals surface area (Å²) in [6.45, 7) is 11.7. The molecule has 1 rings (SSSR count). The van der Waals surface area contributed by atoms with Crippen LogP contribution in [0.15, 0.2) is 12.2 Å². The minimum atomic E-state index is 0.339. The summed E-state index contributed by atoms with van der Waals surface area (Å²) >= 11 is 0. The Labute approximate surface area is 96.2 Å². The molecule has 0 nitrogen and oxygen atoms in total. The maximum Gasteiger partial charge on any atom is -0.0203 e. The van der Waals surface area contributed by atoms with Crippen LogP contribution >= 0.6 is 0 Å². The van der Waals surface area contributed by atoms with Crippen LogP contribution in [0.4, 0.5) is 0 Å². The van der Waals surface area contributed by atoms with Gasteiger partial charge in [0.05, 0.1) is 0 Å². The molecule has 0 atom stereocenters. The third-order valence-electron chi connectivity index (χ3n) is 3.72. The molecule has 0 aromatic rings. The van der Waals surface area contributed by atoms with Crippen molar-refractivity contribution in [1.82, 2.24) is 0 Å². The SMILES string of the molecule is CC(C)(C)C=CCC(C)(C)C1CCCC1. The van der Waals surface area contributed by atoms with Gasteiger partial charge in [0.15, 0.2) is 0 Å². The predicted molar refractivity (Wildman–Crippen MR) is 69.0 cm³/mol. The van der Waals surface area contributed by atoms with Gasteiger partial charge in [-0.3, -0.25) is 0 Å². The van der Waals surface area contributed by atoms with Gasteiger partial charge in [-0.05, 0) is 36.0 Å². The quantitative estimate of drug-likeness (QED) is 0.559. The lowest BCUT2D eigenvalue weighted by molar-refractivity contribution is 0.219. The summed E-state index contributed by atoms with van der Waals surface area (Å²) in [4.78, 5) is 0. The van der Waals surface area contributed by atoms with Gasteiger partial charge in [0.25, 0.3) is 0 Å². The van der Waals surface area contributed by atoms with Gasteiger partial charge in [-0.25, -0.2) is 0 Å². The van der Waals surface area contributed by atoms with Gasteiger partial charge >= 0.3 is 0 Å². The van der Waals surface area contributed by atoms with Gasteiger partial charge < -0.3 is 0 Å². The average Bonchev–Trinajstić information content (AvgIpc) is 2.52. The Kier molecular flexibility index (Phi) is 4.03. The molecule has 0 bridgehead atoms. The Balaban J connectivity index is 2.45. The molecule has 1 aliphatic rings. The molecule has 0 saturated heterocycles. The standard InChI is InChI=1S/C15H28/c1-14(2,3)11-8-12-15(4,5)13-9-6-7-10-13/h8,11,13H,6-7,9-10,12H2,1-5H3. The predicted octanol–water partition coefficient (Wildman–Crippen LogP) is 5.20. The van der Waals surface area contributed by atoms with E-state index in [0.717, 1.165) is 5.92 Å². The molecule has 88 valence electrons. The highest BCUT2D eigenvalue weighted by Gasteiger charge is 2.30. The lowest BCUT2D eigenvalue weighted by Gasteiger charge is -2.30. The Morgan fingerprint density at radius 3 is 2.00 bits per heavy atom. The van der Waals surface area contributed by atoms with Crippen LogP contribution in [0.3, 0.4) is 0 Å². The van der Waals surface area contributed by atoms with Crippen LogP contribution in [0.2, 0.25) is 0 Å². The first-order chi connectivity index (χ1) is 6.81. The number of hydrogen-bond donors (Lipinski definition) is 0. The van der Waals surface area contributed by atoms with E-state index in [1.807, 2.05) is 0 Å². The summed E-state index contributed by atoms with van der Waals surface area (Å²) in [6, 6.07) is 0. The molecule has 0 heteroatoms. The van der Waals surface area contributed by atoms with Crippen LogP contribution < -0.4 is 0 Å². The molecular formula is C15H28. The van der Waals surface area contributed by atoms with E-state index in [9.17, 15) is 0 Å². The van der Waals surface area contributed by atoms with E-state index in [1.54, 1.807) is 0 Å². The van der Waals surface area contributed by atoms with Gasteiger partial charge in [0.1, 0.15) is 0 Å². The maximum atomic E-state index is 2.44. The third-order valence-corrected chi connectivity index (χ3v) is 3.72. The van der Waals surface area contributed by atoms with E-state index >= 15 is 0 Å². The molecule has 0 N–H and O–H groups in total.